The summed E-state index contributed by atoms with van der Waals surface area (Å²) in [6.07, 6.45) is 0.846. The summed E-state index contributed by atoms with van der Waals surface area (Å²) in [5, 5.41) is 12.4. The van der Waals surface area contributed by atoms with Crippen molar-refractivity contribution in [2.45, 2.75) is 32.9 Å². The average Bonchev–Trinajstić information content (AvgIpc) is 2.42. The van der Waals surface area contributed by atoms with Crippen molar-refractivity contribution in [3.63, 3.8) is 0 Å². The van der Waals surface area contributed by atoms with Crippen LogP contribution in [-0.2, 0) is 11.3 Å². The van der Waals surface area contributed by atoms with Gasteiger partial charge < -0.3 is 15.2 Å². The lowest BCUT2D eigenvalue weighted by Crippen LogP contribution is -2.33. The number of halogens is 1. The van der Waals surface area contributed by atoms with E-state index in [0.717, 1.165) is 12.0 Å². The molecule has 4 nitrogen and oxygen atoms in total. The van der Waals surface area contributed by atoms with Crippen LogP contribution in [0.2, 0.25) is 0 Å². The van der Waals surface area contributed by atoms with E-state index in [4.69, 9.17) is 0 Å². The van der Waals surface area contributed by atoms with Gasteiger partial charge in [-0.1, -0.05) is 19.9 Å². The lowest BCUT2D eigenvalue weighted by Gasteiger charge is -2.18. The molecule has 0 aliphatic heterocycles. The van der Waals surface area contributed by atoms with Gasteiger partial charge in [0.2, 0.25) is 0 Å². The first kappa shape index (κ1) is 16.6. The Morgan fingerprint density at radius 3 is 2.65 bits per heavy atom. The number of ether oxygens (including phenoxy) is 1. The lowest BCUT2D eigenvalue weighted by molar-refractivity contribution is 0.0595. The summed E-state index contributed by atoms with van der Waals surface area (Å²) in [6.45, 7) is 4.64. The maximum Gasteiger partial charge on any atom is 0.340 e. The molecular weight excluding hydrogens is 261 g/mol. The summed E-state index contributed by atoms with van der Waals surface area (Å²) < 4.78 is 18.2. The van der Waals surface area contributed by atoms with E-state index in [2.05, 4.69) is 23.9 Å². The van der Waals surface area contributed by atoms with Crippen LogP contribution in [0.25, 0.3) is 0 Å². The van der Waals surface area contributed by atoms with Crippen LogP contribution in [0.4, 0.5) is 4.39 Å². The van der Waals surface area contributed by atoms with Gasteiger partial charge in [-0.05, 0) is 30.0 Å². The van der Waals surface area contributed by atoms with Crippen molar-refractivity contribution in [3.05, 3.63) is 35.1 Å². The zero-order chi connectivity index (χ0) is 15.1. The van der Waals surface area contributed by atoms with Crippen molar-refractivity contribution in [1.82, 2.24) is 5.32 Å². The molecule has 0 aliphatic carbocycles. The molecule has 0 bridgehead atoms. The molecule has 0 fully saturated rings. The number of esters is 1. The van der Waals surface area contributed by atoms with E-state index in [1.807, 2.05) is 0 Å². The summed E-state index contributed by atoms with van der Waals surface area (Å²) in [6, 6.07) is 4.38. The van der Waals surface area contributed by atoms with Gasteiger partial charge in [0.25, 0.3) is 0 Å². The summed E-state index contributed by atoms with van der Waals surface area (Å²) in [7, 11) is 1.22. The topological polar surface area (TPSA) is 58.6 Å². The quantitative estimate of drug-likeness (QED) is 0.752. The number of aliphatic hydroxyl groups is 1. The highest BCUT2D eigenvalue weighted by Gasteiger charge is 2.13. The van der Waals surface area contributed by atoms with E-state index >= 15 is 0 Å². The highest BCUT2D eigenvalue weighted by Crippen LogP contribution is 2.12. The molecule has 0 saturated heterocycles. The Kier molecular flexibility index (Phi) is 6.61. The van der Waals surface area contributed by atoms with Crippen molar-refractivity contribution >= 4 is 5.97 Å². The van der Waals surface area contributed by atoms with Crippen molar-refractivity contribution < 1.29 is 19.0 Å². The zero-order valence-corrected chi connectivity index (χ0v) is 12.1. The summed E-state index contributed by atoms with van der Waals surface area (Å²) >= 11 is 0. The summed E-state index contributed by atoms with van der Waals surface area (Å²) in [5.74, 6) is -0.811. The average molecular weight is 283 g/mol. The van der Waals surface area contributed by atoms with E-state index in [1.54, 1.807) is 6.07 Å². The maximum atomic E-state index is 13.7. The number of nitrogens with one attached hydrogen (secondary N) is 1. The molecule has 1 aromatic rings. The highest BCUT2D eigenvalue weighted by atomic mass is 19.1. The van der Waals surface area contributed by atoms with Gasteiger partial charge in [0.1, 0.15) is 5.82 Å². The number of benzene rings is 1. The Balaban J connectivity index is 2.65. The third-order valence-corrected chi connectivity index (χ3v) is 3.01. The minimum Gasteiger partial charge on any atom is -0.465 e. The molecule has 1 rings (SSSR count). The Hall–Kier alpha value is -1.46. The van der Waals surface area contributed by atoms with Gasteiger partial charge >= 0.3 is 5.97 Å². The fourth-order valence-electron chi connectivity index (χ4n) is 2.00. The van der Waals surface area contributed by atoms with Crippen LogP contribution in [0.5, 0.6) is 0 Å². The number of carbonyl (C=O) groups excluding carboxylic acids is 1. The SMILES string of the molecule is COC(=O)c1ccc(CNC(CO)CC(C)C)cc1F. The molecule has 112 valence electrons. The number of hydrogen-bond acceptors (Lipinski definition) is 4. The Labute approximate surface area is 119 Å². The van der Waals surface area contributed by atoms with E-state index < -0.39 is 11.8 Å². The maximum absolute atomic E-state index is 13.7. The molecule has 2 N–H and O–H groups in total. The fourth-order valence-corrected chi connectivity index (χ4v) is 2.00. The molecule has 5 heteroatoms. The molecule has 1 aromatic carbocycles. The minimum atomic E-state index is -0.685. The number of aliphatic hydroxyl groups excluding tert-OH is 1. The second-order valence-corrected chi connectivity index (χ2v) is 5.20. The van der Waals surface area contributed by atoms with Gasteiger partial charge in [-0.25, -0.2) is 9.18 Å². The molecule has 0 aliphatic rings. The largest absolute Gasteiger partial charge is 0.465 e. The monoisotopic (exact) mass is 283 g/mol. The summed E-state index contributed by atoms with van der Waals surface area (Å²) in [5.41, 5.74) is 0.648. The number of methoxy groups -OCH3 is 1. The standard InChI is InChI=1S/C15H22FNO3/c1-10(2)6-12(9-18)17-8-11-4-5-13(14(16)7-11)15(19)20-3/h4-5,7,10,12,17-18H,6,8-9H2,1-3H3. The van der Waals surface area contributed by atoms with E-state index in [1.165, 1.54) is 19.2 Å². The highest BCUT2D eigenvalue weighted by molar-refractivity contribution is 5.89. The first-order valence-corrected chi connectivity index (χ1v) is 6.68. The predicted octanol–water partition coefficient (Wildman–Crippen LogP) is 2.11. The number of rotatable bonds is 7. The van der Waals surface area contributed by atoms with Gasteiger partial charge in [-0.2, -0.15) is 0 Å². The van der Waals surface area contributed by atoms with Gasteiger partial charge in [-0.3, -0.25) is 0 Å². The molecule has 0 heterocycles. The first-order valence-electron chi connectivity index (χ1n) is 6.68. The smallest absolute Gasteiger partial charge is 0.340 e. The van der Waals surface area contributed by atoms with Crippen molar-refractivity contribution in [3.8, 4) is 0 Å². The molecule has 20 heavy (non-hydrogen) atoms. The van der Waals surface area contributed by atoms with Crippen LogP contribution in [0.15, 0.2) is 18.2 Å². The summed E-state index contributed by atoms with van der Waals surface area (Å²) in [4.78, 5) is 11.3. The van der Waals surface area contributed by atoms with Gasteiger partial charge in [-0.15, -0.1) is 0 Å². The number of hydrogen-bond donors (Lipinski definition) is 2. The lowest BCUT2D eigenvalue weighted by atomic mass is 10.0. The second kappa shape index (κ2) is 7.97. The number of carbonyl (C=O) groups is 1. The normalized spacial score (nSPS) is 12.5. The zero-order valence-electron chi connectivity index (χ0n) is 12.1. The van der Waals surface area contributed by atoms with E-state index in [0.29, 0.717) is 12.5 Å². The third-order valence-electron chi connectivity index (χ3n) is 3.01. The van der Waals surface area contributed by atoms with Gasteiger partial charge in [0.05, 0.1) is 19.3 Å². The molecule has 1 unspecified atom stereocenters. The van der Waals surface area contributed by atoms with Crippen molar-refractivity contribution in [2.24, 2.45) is 5.92 Å². The van der Waals surface area contributed by atoms with Crippen LogP contribution < -0.4 is 5.32 Å². The predicted molar refractivity (Wildman–Crippen MR) is 74.9 cm³/mol. The van der Waals surface area contributed by atoms with Gasteiger partial charge in [0.15, 0.2) is 0 Å². The third kappa shape index (κ3) is 4.90. The molecule has 0 radical (unpaired) electrons. The Morgan fingerprint density at radius 2 is 2.15 bits per heavy atom. The van der Waals surface area contributed by atoms with Gasteiger partial charge in [0, 0.05) is 12.6 Å². The second-order valence-electron chi connectivity index (χ2n) is 5.20. The first-order chi connectivity index (χ1) is 9.47. The van der Waals surface area contributed by atoms with E-state index in [-0.39, 0.29) is 18.2 Å². The molecule has 0 saturated carbocycles. The van der Waals surface area contributed by atoms with Crippen LogP contribution in [0.3, 0.4) is 0 Å². The Morgan fingerprint density at radius 1 is 1.45 bits per heavy atom. The van der Waals surface area contributed by atoms with Crippen LogP contribution >= 0.6 is 0 Å². The fraction of sp³-hybridized carbons (Fsp3) is 0.533. The minimum absolute atomic E-state index is 0.0154. The Bertz CT molecular complexity index is 449. The molecule has 0 amide bonds. The van der Waals surface area contributed by atoms with Crippen LogP contribution in [0, 0.1) is 11.7 Å². The molecule has 0 spiro atoms. The van der Waals surface area contributed by atoms with Crippen LogP contribution in [0.1, 0.15) is 36.2 Å². The van der Waals surface area contributed by atoms with Crippen molar-refractivity contribution in [2.75, 3.05) is 13.7 Å². The molecular formula is C15H22FNO3. The molecule has 0 aromatic heterocycles. The molecule has 1 atom stereocenters. The van der Waals surface area contributed by atoms with E-state index in [9.17, 15) is 14.3 Å². The van der Waals surface area contributed by atoms with Crippen LogP contribution in [-0.4, -0.2) is 30.8 Å². The van der Waals surface area contributed by atoms with Crippen molar-refractivity contribution in [1.29, 1.82) is 0 Å².